The molecule has 0 rings (SSSR count). The maximum Gasteiger partial charge on any atom is 0.320 e. The van der Waals surface area contributed by atoms with Gasteiger partial charge in [-0.25, -0.2) is 4.67 Å². The largest absolute Gasteiger partial charge is 0.440 e. The van der Waals surface area contributed by atoms with Crippen LogP contribution in [0.1, 0.15) is 27.7 Å². The molecule has 0 saturated carbocycles. The lowest BCUT2D eigenvalue weighted by atomic mass is 10.4. The van der Waals surface area contributed by atoms with Gasteiger partial charge in [0.1, 0.15) is 5.76 Å². The fourth-order valence-corrected chi connectivity index (χ4v) is 2.28. The quantitative estimate of drug-likeness (QED) is 0.385. The molecule has 0 aliphatic rings. The predicted octanol–water partition coefficient (Wildman–Crippen LogP) is 2.71. The van der Waals surface area contributed by atoms with Crippen LogP contribution in [0.4, 0.5) is 0 Å². The van der Waals surface area contributed by atoms with Gasteiger partial charge in [0.25, 0.3) is 0 Å². The van der Waals surface area contributed by atoms with E-state index in [0.717, 1.165) is 13.1 Å². The Morgan fingerprint density at radius 3 is 2.20 bits per heavy atom. The molecule has 5 heteroatoms. The summed E-state index contributed by atoms with van der Waals surface area (Å²) >= 11 is 0. The zero-order chi connectivity index (χ0) is 11.8. The molecule has 1 atom stereocenters. The minimum absolute atomic E-state index is 0.0156. The van der Waals surface area contributed by atoms with Crippen LogP contribution >= 0.6 is 8.53 Å². The number of allylic oxidation sites excluding steroid dienone is 2. The second-order valence-corrected chi connectivity index (χ2v) is 4.61. The molecular weight excluding hydrogens is 213 g/mol. The number of nitrogens with zero attached hydrogens (tertiary/aromatic N) is 1. The van der Waals surface area contributed by atoms with Crippen molar-refractivity contribution < 1.29 is 13.8 Å². The van der Waals surface area contributed by atoms with Crippen molar-refractivity contribution in [3.8, 4) is 0 Å². The molecule has 0 aliphatic heterocycles. The molecule has 0 aromatic carbocycles. The molecule has 15 heavy (non-hydrogen) atoms. The van der Waals surface area contributed by atoms with Gasteiger partial charge in [-0.3, -0.25) is 4.79 Å². The lowest BCUT2D eigenvalue weighted by molar-refractivity contribution is -0.112. The van der Waals surface area contributed by atoms with E-state index in [-0.39, 0.29) is 5.78 Å². The van der Waals surface area contributed by atoms with Gasteiger partial charge in [-0.15, -0.1) is 0 Å². The van der Waals surface area contributed by atoms with Crippen molar-refractivity contribution in [2.24, 2.45) is 0 Å². The Morgan fingerprint density at radius 2 is 1.87 bits per heavy atom. The summed E-state index contributed by atoms with van der Waals surface area (Å²) in [6.45, 7) is 9.09. The fraction of sp³-hybridized carbons (Fsp3) is 0.700. The molecule has 88 valence electrons. The monoisotopic (exact) mass is 233 g/mol. The molecule has 1 unspecified atom stereocenters. The zero-order valence-corrected chi connectivity index (χ0v) is 11.0. The number of carbonyl (C=O) groups excluding carboxylic acids is 1. The van der Waals surface area contributed by atoms with Gasteiger partial charge in [-0.05, 0) is 13.8 Å². The summed E-state index contributed by atoms with van der Waals surface area (Å²) in [5, 5.41) is 0. The summed E-state index contributed by atoms with van der Waals surface area (Å²) in [5.74, 6) is 0.584. The Bertz CT molecular complexity index is 227. The lowest BCUT2D eigenvalue weighted by Crippen LogP contribution is -2.18. The highest BCUT2D eigenvalue weighted by Crippen LogP contribution is 2.43. The molecule has 0 aromatic heterocycles. The molecule has 0 bridgehead atoms. The van der Waals surface area contributed by atoms with Crippen LogP contribution in [0.2, 0.25) is 0 Å². The van der Waals surface area contributed by atoms with Gasteiger partial charge in [-0.1, -0.05) is 13.8 Å². The van der Waals surface area contributed by atoms with Crippen molar-refractivity contribution in [1.29, 1.82) is 0 Å². The number of ketones is 1. The molecule has 0 aliphatic carbocycles. The van der Waals surface area contributed by atoms with Crippen LogP contribution in [-0.4, -0.2) is 30.7 Å². The maximum absolute atomic E-state index is 10.8. The molecule has 0 amide bonds. The Kier molecular flexibility index (Phi) is 7.57. The third-order valence-corrected chi connectivity index (χ3v) is 3.53. The molecule has 0 aromatic rings. The molecule has 0 saturated heterocycles. The Morgan fingerprint density at radius 1 is 1.33 bits per heavy atom. The molecule has 0 radical (unpaired) electrons. The smallest absolute Gasteiger partial charge is 0.320 e. The summed E-state index contributed by atoms with van der Waals surface area (Å²) in [6, 6.07) is 0. The van der Waals surface area contributed by atoms with Crippen LogP contribution in [0.25, 0.3) is 0 Å². The van der Waals surface area contributed by atoms with E-state index < -0.39 is 8.53 Å². The van der Waals surface area contributed by atoms with Gasteiger partial charge < -0.3 is 9.05 Å². The number of hydrogen-bond donors (Lipinski definition) is 0. The van der Waals surface area contributed by atoms with Crippen molar-refractivity contribution in [3.05, 3.63) is 11.8 Å². The van der Waals surface area contributed by atoms with E-state index in [1.165, 1.54) is 13.0 Å². The zero-order valence-electron chi connectivity index (χ0n) is 10.1. The summed E-state index contributed by atoms with van der Waals surface area (Å²) in [4.78, 5) is 10.8. The normalized spacial score (nSPS) is 14.1. The first-order valence-electron chi connectivity index (χ1n) is 5.01. The van der Waals surface area contributed by atoms with Gasteiger partial charge in [0, 0.05) is 26.3 Å². The van der Waals surface area contributed by atoms with Gasteiger partial charge >= 0.3 is 8.53 Å². The Balaban J connectivity index is 4.37. The average Bonchev–Trinajstić information content (AvgIpc) is 2.16. The highest BCUT2D eigenvalue weighted by molar-refractivity contribution is 7.44. The number of rotatable bonds is 7. The van der Waals surface area contributed by atoms with E-state index in [1.807, 2.05) is 13.8 Å². The van der Waals surface area contributed by atoms with Crippen LogP contribution < -0.4 is 0 Å². The number of hydrogen-bond acceptors (Lipinski definition) is 4. The highest BCUT2D eigenvalue weighted by Gasteiger charge is 2.18. The molecule has 0 spiro atoms. The van der Waals surface area contributed by atoms with Crippen molar-refractivity contribution in [3.63, 3.8) is 0 Å². The van der Waals surface area contributed by atoms with Gasteiger partial charge in [0.15, 0.2) is 5.78 Å². The Labute approximate surface area is 93.2 Å². The molecule has 0 fully saturated rings. The van der Waals surface area contributed by atoms with Gasteiger partial charge in [0.2, 0.25) is 0 Å². The standard InChI is InChI=1S/C10H20NO3P/c1-6-11(7-2)15(13-5)14-10(4)8-9(3)12/h8H,6-7H2,1-5H3/b10-8-. The van der Waals surface area contributed by atoms with Crippen LogP contribution in [0.15, 0.2) is 11.8 Å². The molecular formula is C10H20NO3P. The van der Waals surface area contributed by atoms with Crippen LogP contribution in [0.5, 0.6) is 0 Å². The second-order valence-electron chi connectivity index (χ2n) is 3.02. The summed E-state index contributed by atoms with van der Waals surface area (Å²) in [6.07, 6.45) is 1.47. The predicted molar refractivity (Wildman–Crippen MR) is 62.4 cm³/mol. The second kappa shape index (κ2) is 7.80. The lowest BCUT2D eigenvalue weighted by Gasteiger charge is -2.26. The minimum atomic E-state index is -1.08. The number of carbonyl (C=O) groups is 1. The molecule has 4 nitrogen and oxygen atoms in total. The third-order valence-electron chi connectivity index (χ3n) is 1.75. The molecule has 0 heterocycles. The van der Waals surface area contributed by atoms with Crippen LogP contribution in [0, 0.1) is 0 Å². The van der Waals surface area contributed by atoms with E-state index in [4.69, 9.17) is 9.05 Å². The summed E-state index contributed by atoms with van der Waals surface area (Å²) in [7, 11) is 0.537. The first kappa shape index (κ1) is 14.6. The first-order chi connectivity index (χ1) is 7.04. The van der Waals surface area contributed by atoms with E-state index in [0.29, 0.717) is 5.76 Å². The summed E-state index contributed by atoms with van der Waals surface area (Å²) < 4.78 is 12.9. The minimum Gasteiger partial charge on any atom is -0.440 e. The van der Waals surface area contributed by atoms with Crippen molar-refractivity contribution in [2.45, 2.75) is 27.7 Å². The fourth-order valence-electron chi connectivity index (χ4n) is 1.10. The summed E-state index contributed by atoms with van der Waals surface area (Å²) in [5.41, 5.74) is 0. The maximum atomic E-state index is 10.8. The van der Waals surface area contributed by atoms with E-state index in [2.05, 4.69) is 4.67 Å². The highest BCUT2D eigenvalue weighted by atomic mass is 31.2. The van der Waals surface area contributed by atoms with E-state index in [1.54, 1.807) is 14.0 Å². The van der Waals surface area contributed by atoms with E-state index >= 15 is 0 Å². The third kappa shape index (κ3) is 5.88. The van der Waals surface area contributed by atoms with Crippen molar-refractivity contribution in [1.82, 2.24) is 4.67 Å². The van der Waals surface area contributed by atoms with Gasteiger partial charge in [-0.2, -0.15) is 0 Å². The average molecular weight is 233 g/mol. The van der Waals surface area contributed by atoms with E-state index in [9.17, 15) is 4.79 Å². The van der Waals surface area contributed by atoms with Crippen LogP contribution in [-0.2, 0) is 13.8 Å². The van der Waals surface area contributed by atoms with Crippen LogP contribution in [0.3, 0.4) is 0 Å². The van der Waals surface area contributed by atoms with Crippen molar-refractivity contribution in [2.75, 3.05) is 20.2 Å². The SMILES string of the molecule is CCN(CC)P(OC)O/C(C)=C\C(C)=O. The molecule has 0 N–H and O–H groups in total. The van der Waals surface area contributed by atoms with Gasteiger partial charge in [0.05, 0.1) is 0 Å². The van der Waals surface area contributed by atoms with Crippen molar-refractivity contribution >= 4 is 14.3 Å². The first-order valence-corrected chi connectivity index (χ1v) is 6.14. The Hall–Kier alpha value is -0.440. The topological polar surface area (TPSA) is 38.8 Å².